The van der Waals surface area contributed by atoms with Gasteiger partial charge in [-0.1, -0.05) is 65.0 Å². The van der Waals surface area contributed by atoms with E-state index in [2.05, 4.69) is 11.9 Å². The first-order valence-corrected chi connectivity index (χ1v) is 28.4. The number of aromatic nitrogens is 2. The van der Waals surface area contributed by atoms with Crippen LogP contribution in [0.2, 0.25) is 0 Å². The zero-order chi connectivity index (χ0) is 61.1. The highest BCUT2D eigenvalue weighted by atomic mass is 16.7. The highest BCUT2D eigenvalue weighted by Gasteiger charge is 2.54. The summed E-state index contributed by atoms with van der Waals surface area (Å²) >= 11 is 0. The molecule has 5 heterocycles. The van der Waals surface area contributed by atoms with Gasteiger partial charge in [0.2, 0.25) is 12.2 Å². The van der Waals surface area contributed by atoms with Gasteiger partial charge in [-0.3, -0.25) is 48.0 Å². The third-order valence-electron chi connectivity index (χ3n) is 15.1. The SMILES string of the molecule is CCCCCCCCC=CCC(CC(=O)OC1CN(C)C(C(OC2CC(O)C(CN)O2)C2OC(n3ccc(=O)[nH]c3=O)CC2O)C(=O)N(C)C1C(=O)O)OC(=O)CC(C)CC(=O)OC1OC(CC)C(OC)C(OC(=O)CCC(=O)O)C1OC. The Morgan fingerprint density at radius 2 is 1.48 bits per heavy atom. The van der Waals surface area contributed by atoms with Gasteiger partial charge in [0.25, 0.3) is 5.56 Å². The van der Waals surface area contributed by atoms with Crippen LogP contribution in [0.25, 0.3) is 0 Å². The number of carbonyl (C=O) groups excluding carboxylic acids is 5. The second kappa shape index (κ2) is 33.1. The number of carboxylic acid groups (broad SMARTS) is 2. The number of aliphatic carboxylic acids is 2. The molecule has 0 bridgehead atoms. The number of amides is 1. The molecular weight excluding hydrogens is 1100 g/mol. The largest absolute Gasteiger partial charge is 0.481 e. The molecule has 1 aromatic heterocycles. The van der Waals surface area contributed by atoms with Crippen molar-refractivity contribution in [1.82, 2.24) is 19.4 Å². The van der Waals surface area contributed by atoms with Crippen LogP contribution in [0, 0.1) is 5.92 Å². The first-order valence-electron chi connectivity index (χ1n) is 28.4. The lowest BCUT2D eigenvalue weighted by Crippen LogP contribution is -2.61. The minimum absolute atomic E-state index is 0.0406. The predicted molar refractivity (Wildman–Crippen MR) is 288 cm³/mol. The molecule has 4 aliphatic rings. The number of aliphatic hydroxyl groups is 2. The average molecular weight is 1180 g/mol. The smallest absolute Gasteiger partial charge is 0.330 e. The van der Waals surface area contributed by atoms with Crippen molar-refractivity contribution in [2.24, 2.45) is 11.7 Å². The normalized spacial score (nSPS) is 29.7. The highest BCUT2D eigenvalue weighted by molar-refractivity contribution is 5.89. The topological polar surface area (TPSA) is 380 Å². The number of aliphatic hydroxyl groups excluding tert-OH is 2. The first-order chi connectivity index (χ1) is 39.5. The Labute approximate surface area is 481 Å². The van der Waals surface area contributed by atoms with Crippen LogP contribution in [0.4, 0.5) is 0 Å². The third kappa shape index (κ3) is 19.4. The average Bonchev–Trinajstić information content (AvgIpc) is 3.23. The number of hydrogen-bond donors (Lipinski definition) is 6. The standard InChI is InChI=1S/C55H85N5O23/c1-8-10-11-12-13-14-15-16-17-18-31(76-41(67)23-30(3)24-42(68)82-54-51(75-7)50(48(74-6)34(9-2)79-54)81-40(66)20-19-39(64)65)25-43(69)77-36-29-58(4)46(52(70)59(5)45(36)53(71)72)49(83-44-27-32(61)35(28-56)78-44)47-33(62)26-38(80-47)60-22-21-37(63)57-55(60)73/h16-17,21-22,30-36,38,44-51,54,61-62H,8-15,18-20,23-29,56H2,1-7H3,(H,64,65)(H,71,72)(H,57,63,73). The van der Waals surface area contributed by atoms with Gasteiger partial charge in [0, 0.05) is 78.7 Å². The summed E-state index contributed by atoms with van der Waals surface area (Å²) in [4.78, 5) is 122. The summed E-state index contributed by atoms with van der Waals surface area (Å²) in [6.07, 6.45) is -6.95. The van der Waals surface area contributed by atoms with E-state index in [9.17, 15) is 58.5 Å². The monoisotopic (exact) mass is 1180 g/mol. The fraction of sp³-hybridized carbons (Fsp3) is 0.764. The number of nitrogens with two attached hydrogens (primary N) is 1. The highest BCUT2D eigenvalue weighted by Crippen LogP contribution is 2.37. The molecule has 28 nitrogen and oxygen atoms in total. The summed E-state index contributed by atoms with van der Waals surface area (Å²) < 4.78 is 59.7. The van der Waals surface area contributed by atoms with Crippen LogP contribution in [-0.2, 0) is 80.9 Å². The van der Waals surface area contributed by atoms with E-state index < -0.39 is 183 Å². The quantitative estimate of drug-likeness (QED) is 0.0254. The Bertz CT molecular complexity index is 2460. The maximum absolute atomic E-state index is 14.7. The summed E-state index contributed by atoms with van der Waals surface area (Å²) in [5.74, 6) is -7.77. The Morgan fingerprint density at radius 1 is 0.795 bits per heavy atom. The molecule has 4 aliphatic heterocycles. The van der Waals surface area contributed by atoms with Crippen molar-refractivity contribution in [2.45, 2.75) is 222 Å². The molecule has 0 aliphatic carbocycles. The maximum Gasteiger partial charge on any atom is 0.330 e. The molecule has 0 radical (unpaired) electrons. The van der Waals surface area contributed by atoms with E-state index in [1.807, 2.05) is 6.08 Å². The van der Waals surface area contributed by atoms with Gasteiger partial charge in [-0.15, -0.1) is 0 Å². The number of aromatic amines is 1. The molecule has 17 atom stereocenters. The van der Waals surface area contributed by atoms with Crippen molar-refractivity contribution in [3.8, 4) is 0 Å². The number of esters is 4. The van der Waals surface area contributed by atoms with E-state index >= 15 is 0 Å². The Kier molecular flexibility index (Phi) is 27.2. The predicted octanol–water partition coefficient (Wildman–Crippen LogP) is 1.04. The first kappa shape index (κ1) is 68.1. The lowest BCUT2D eigenvalue weighted by Gasteiger charge is -2.44. The number of methoxy groups -OCH3 is 2. The van der Waals surface area contributed by atoms with Gasteiger partial charge in [0.05, 0.1) is 43.7 Å². The van der Waals surface area contributed by atoms with E-state index in [1.54, 1.807) is 19.9 Å². The molecule has 0 aromatic carbocycles. The van der Waals surface area contributed by atoms with E-state index in [4.69, 9.17) is 58.2 Å². The van der Waals surface area contributed by atoms with Gasteiger partial charge >= 0.3 is 41.5 Å². The van der Waals surface area contributed by atoms with E-state index in [-0.39, 0.29) is 38.6 Å². The lowest BCUT2D eigenvalue weighted by molar-refractivity contribution is -0.299. The van der Waals surface area contributed by atoms with Gasteiger partial charge in [-0.05, 0) is 32.2 Å². The Morgan fingerprint density at radius 3 is 2.12 bits per heavy atom. The number of H-pyrrole nitrogens is 1. The number of carbonyl (C=O) groups is 7. The van der Waals surface area contributed by atoms with Crippen LogP contribution in [0.3, 0.4) is 0 Å². The zero-order valence-corrected chi connectivity index (χ0v) is 48.3. The van der Waals surface area contributed by atoms with E-state index in [0.717, 1.165) is 54.1 Å². The molecule has 17 unspecified atom stereocenters. The number of hydrogen-bond acceptors (Lipinski definition) is 23. The van der Waals surface area contributed by atoms with E-state index in [1.165, 1.54) is 39.4 Å². The zero-order valence-electron chi connectivity index (χ0n) is 48.3. The van der Waals surface area contributed by atoms with Crippen LogP contribution in [-0.4, -0.2) is 215 Å². The molecule has 468 valence electrons. The van der Waals surface area contributed by atoms with Crippen molar-refractivity contribution in [3.63, 3.8) is 0 Å². The molecular formula is C55H85N5O23. The van der Waals surface area contributed by atoms with Crippen LogP contribution in [0.1, 0.15) is 130 Å². The molecule has 0 spiro atoms. The molecule has 4 fully saturated rings. The summed E-state index contributed by atoms with van der Waals surface area (Å²) in [6.45, 7) is 4.97. The van der Waals surface area contributed by atoms with Gasteiger partial charge in [0.15, 0.2) is 24.5 Å². The molecule has 5 rings (SSSR count). The number of ether oxygens (including phenoxy) is 10. The number of unbranched alkanes of at least 4 members (excludes halogenated alkanes) is 6. The van der Waals surface area contributed by atoms with Gasteiger partial charge in [0.1, 0.15) is 42.8 Å². The van der Waals surface area contributed by atoms with Crippen LogP contribution < -0.4 is 17.0 Å². The maximum atomic E-state index is 14.7. The lowest BCUT2D eigenvalue weighted by atomic mass is 9.96. The fourth-order valence-corrected chi connectivity index (χ4v) is 10.8. The minimum Gasteiger partial charge on any atom is -0.481 e. The van der Waals surface area contributed by atoms with Crippen molar-refractivity contribution < 1.29 is 101 Å². The molecule has 28 heteroatoms. The number of allylic oxidation sites excluding steroid dienone is 1. The minimum atomic E-state index is -1.80. The van der Waals surface area contributed by atoms with Crippen molar-refractivity contribution >= 4 is 41.7 Å². The number of likely N-dealkylation sites (N-methyl/N-ethyl adjacent to an activating group) is 2. The van der Waals surface area contributed by atoms with Crippen LogP contribution in [0.5, 0.6) is 0 Å². The second-order valence-electron chi connectivity index (χ2n) is 21.5. The number of rotatable bonds is 32. The van der Waals surface area contributed by atoms with Crippen molar-refractivity contribution in [3.05, 3.63) is 45.3 Å². The Balaban J connectivity index is 1.31. The number of carboxylic acids is 2. The number of nitrogens with zero attached hydrogens (tertiary/aromatic N) is 3. The van der Waals surface area contributed by atoms with Crippen LogP contribution >= 0.6 is 0 Å². The fourth-order valence-electron chi connectivity index (χ4n) is 10.8. The molecule has 7 N–H and O–H groups in total. The summed E-state index contributed by atoms with van der Waals surface area (Å²) in [6, 6.07) is -2.22. The summed E-state index contributed by atoms with van der Waals surface area (Å²) in [5, 5.41) is 42.0. The Hall–Kier alpha value is -5.69. The summed E-state index contributed by atoms with van der Waals surface area (Å²) in [5.41, 5.74) is 4.28. The molecule has 4 saturated heterocycles. The van der Waals surface area contributed by atoms with E-state index in [0.29, 0.717) is 12.8 Å². The van der Waals surface area contributed by atoms with Crippen molar-refractivity contribution in [1.29, 1.82) is 0 Å². The van der Waals surface area contributed by atoms with Gasteiger partial charge in [-0.2, -0.15) is 0 Å². The molecule has 83 heavy (non-hydrogen) atoms. The van der Waals surface area contributed by atoms with Gasteiger partial charge in [-0.25, -0.2) is 9.59 Å². The molecule has 1 amide bonds. The van der Waals surface area contributed by atoms with Crippen molar-refractivity contribution in [2.75, 3.05) is 41.4 Å². The van der Waals surface area contributed by atoms with Crippen LogP contribution in [0.15, 0.2) is 34.0 Å². The summed E-state index contributed by atoms with van der Waals surface area (Å²) in [7, 11) is 5.27. The van der Waals surface area contributed by atoms with Gasteiger partial charge < -0.3 is 78.4 Å². The molecule has 1 aromatic rings. The molecule has 0 saturated carbocycles. The second-order valence-corrected chi connectivity index (χ2v) is 21.5. The number of nitrogens with one attached hydrogen (secondary N) is 1. The third-order valence-corrected chi connectivity index (χ3v) is 15.1.